The Morgan fingerprint density at radius 3 is 2.42 bits per heavy atom. The van der Waals surface area contributed by atoms with E-state index in [1.54, 1.807) is 43.0 Å². The van der Waals surface area contributed by atoms with E-state index >= 15 is 0 Å². The summed E-state index contributed by atoms with van der Waals surface area (Å²) in [6.45, 7) is 1.94. The number of hydrogen-bond donors (Lipinski definition) is 2. The highest BCUT2D eigenvalue weighted by atomic mass is 32.2. The lowest BCUT2D eigenvalue weighted by atomic mass is 10.3. The second-order valence-electron chi connectivity index (χ2n) is 4.62. The summed E-state index contributed by atoms with van der Waals surface area (Å²) in [5.74, 6) is 0.340. The fraction of sp³-hybridized carbons (Fsp3) is 0.176. The van der Waals surface area contributed by atoms with Crippen LogP contribution in [0.1, 0.15) is 6.92 Å². The first-order valence-electron chi connectivity index (χ1n) is 7.27. The molecule has 6 nitrogen and oxygen atoms in total. The predicted octanol–water partition coefficient (Wildman–Crippen LogP) is 4.59. The molecule has 0 bridgehead atoms. The summed E-state index contributed by atoms with van der Waals surface area (Å²) >= 11 is 1.60. The van der Waals surface area contributed by atoms with Gasteiger partial charge in [-0.05, 0) is 55.6 Å². The van der Waals surface area contributed by atoms with Crippen molar-refractivity contribution in [2.75, 3.05) is 23.5 Å². The molecular formula is C17H18N2O4S. The number of thioether (sulfide) groups is 1. The van der Waals surface area contributed by atoms with Gasteiger partial charge in [0, 0.05) is 16.3 Å². The Kier molecular flexibility index (Phi) is 6.51. The van der Waals surface area contributed by atoms with Crippen LogP contribution < -0.4 is 15.4 Å². The summed E-state index contributed by atoms with van der Waals surface area (Å²) in [7, 11) is 0. The number of anilines is 2. The van der Waals surface area contributed by atoms with Gasteiger partial charge in [0.1, 0.15) is 5.75 Å². The molecule has 2 aromatic rings. The number of nitrogens with one attached hydrogen (secondary N) is 2. The van der Waals surface area contributed by atoms with Crippen molar-refractivity contribution in [3.05, 3.63) is 48.5 Å². The maximum absolute atomic E-state index is 12.0. The fourth-order valence-electron chi connectivity index (χ4n) is 1.84. The quantitative estimate of drug-likeness (QED) is 0.470. The molecule has 0 saturated carbocycles. The summed E-state index contributed by atoms with van der Waals surface area (Å²) in [6.07, 6.45) is 1.21. The van der Waals surface area contributed by atoms with E-state index in [4.69, 9.17) is 4.74 Å². The molecule has 7 heteroatoms. The second kappa shape index (κ2) is 8.83. The van der Waals surface area contributed by atoms with E-state index in [9.17, 15) is 9.59 Å². The van der Waals surface area contributed by atoms with Crippen LogP contribution in [-0.2, 0) is 4.74 Å². The molecule has 0 fully saturated rings. The zero-order chi connectivity index (χ0) is 17.4. The molecule has 0 heterocycles. The van der Waals surface area contributed by atoms with Gasteiger partial charge in [0.2, 0.25) is 0 Å². The van der Waals surface area contributed by atoms with E-state index in [0.717, 1.165) is 4.90 Å². The summed E-state index contributed by atoms with van der Waals surface area (Å²) in [5, 5.41) is 5.46. The van der Waals surface area contributed by atoms with Gasteiger partial charge in [-0.2, -0.15) is 0 Å². The number of carbonyl (C=O) groups excluding carboxylic acids is 2. The zero-order valence-corrected chi connectivity index (χ0v) is 14.2. The van der Waals surface area contributed by atoms with Crippen LogP contribution in [0.25, 0.3) is 0 Å². The third kappa shape index (κ3) is 5.51. The summed E-state index contributed by atoms with van der Waals surface area (Å²) in [4.78, 5) is 24.3. The van der Waals surface area contributed by atoms with Crippen LogP contribution >= 0.6 is 11.8 Å². The Labute approximate surface area is 144 Å². The molecule has 2 N–H and O–H groups in total. The standard InChI is InChI=1S/C17H18N2O4S/c1-3-22-17(21)23-14-9-7-12(8-10-14)18-16(20)19-13-5-4-6-15(11-13)24-2/h4-11H,3H2,1-2H3,(H2,18,19,20). The van der Waals surface area contributed by atoms with Crippen molar-refractivity contribution in [3.63, 3.8) is 0 Å². The van der Waals surface area contributed by atoms with Crippen LogP contribution in [0.3, 0.4) is 0 Å². The molecule has 0 aliphatic rings. The Hall–Kier alpha value is -2.67. The van der Waals surface area contributed by atoms with Crippen LogP contribution in [-0.4, -0.2) is 25.0 Å². The van der Waals surface area contributed by atoms with Gasteiger partial charge in [-0.15, -0.1) is 11.8 Å². The number of benzene rings is 2. The SMILES string of the molecule is CCOC(=O)Oc1ccc(NC(=O)Nc2cccc(SC)c2)cc1. The van der Waals surface area contributed by atoms with Gasteiger partial charge in [-0.25, -0.2) is 9.59 Å². The summed E-state index contributed by atoms with van der Waals surface area (Å²) < 4.78 is 9.63. The monoisotopic (exact) mass is 346 g/mol. The lowest BCUT2D eigenvalue weighted by Crippen LogP contribution is -2.19. The maximum atomic E-state index is 12.0. The Bertz CT molecular complexity index is 704. The normalized spacial score (nSPS) is 9.92. The molecule has 2 rings (SSSR count). The zero-order valence-electron chi connectivity index (χ0n) is 13.4. The van der Waals surface area contributed by atoms with E-state index in [1.165, 1.54) is 0 Å². The molecule has 0 radical (unpaired) electrons. The van der Waals surface area contributed by atoms with Gasteiger partial charge >= 0.3 is 12.2 Å². The highest BCUT2D eigenvalue weighted by Crippen LogP contribution is 2.20. The van der Waals surface area contributed by atoms with Crippen LogP contribution in [0.2, 0.25) is 0 Å². The minimum absolute atomic E-state index is 0.246. The third-order valence-electron chi connectivity index (χ3n) is 2.90. The smallest absolute Gasteiger partial charge is 0.434 e. The number of ether oxygens (including phenoxy) is 2. The third-order valence-corrected chi connectivity index (χ3v) is 3.63. The first-order chi connectivity index (χ1) is 11.6. The number of amides is 2. The highest BCUT2D eigenvalue weighted by Gasteiger charge is 2.06. The van der Waals surface area contributed by atoms with E-state index in [0.29, 0.717) is 17.1 Å². The van der Waals surface area contributed by atoms with Gasteiger partial charge in [0.15, 0.2) is 0 Å². The van der Waals surface area contributed by atoms with E-state index in [1.807, 2.05) is 30.5 Å². The Morgan fingerprint density at radius 2 is 1.75 bits per heavy atom. The number of carbonyl (C=O) groups is 2. The molecule has 0 aliphatic carbocycles. The van der Waals surface area contributed by atoms with Crippen LogP contribution in [0, 0.1) is 0 Å². The van der Waals surface area contributed by atoms with Crippen molar-refractivity contribution in [1.82, 2.24) is 0 Å². The Morgan fingerprint density at radius 1 is 1.04 bits per heavy atom. The molecule has 2 aromatic carbocycles. The number of hydrogen-bond acceptors (Lipinski definition) is 5. The lowest BCUT2D eigenvalue weighted by Gasteiger charge is -2.09. The highest BCUT2D eigenvalue weighted by molar-refractivity contribution is 7.98. The second-order valence-corrected chi connectivity index (χ2v) is 5.50. The van der Waals surface area contributed by atoms with E-state index < -0.39 is 6.16 Å². The molecule has 0 aliphatic heterocycles. The predicted molar refractivity (Wildman–Crippen MR) is 95.0 cm³/mol. The Balaban J connectivity index is 1.90. The van der Waals surface area contributed by atoms with Crippen molar-refractivity contribution >= 4 is 35.3 Å². The largest absolute Gasteiger partial charge is 0.513 e. The van der Waals surface area contributed by atoms with Gasteiger partial charge in [-0.1, -0.05) is 6.07 Å². The summed E-state index contributed by atoms with van der Waals surface area (Å²) in [5.41, 5.74) is 1.28. The maximum Gasteiger partial charge on any atom is 0.513 e. The molecule has 0 unspecified atom stereocenters. The topological polar surface area (TPSA) is 76.7 Å². The average Bonchev–Trinajstić information content (AvgIpc) is 2.57. The average molecular weight is 346 g/mol. The molecule has 0 aromatic heterocycles. The van der Waals surface area contributed by atoms with Crippen molar-refractivity contribution in [2.24, 2.45) is 0 Å². The number of rotatable bonds is 5. The number of urea groups is 1. The summed E-state index contributed by atoms with van der Waals surface area (Å²) in [6, 6.07) is 13.6. The van der Waals surface area contributed by atoms with Gasteiger partial charge in [-0.3, -0.25) is 0 Å². The first-order valence-corrected chi connectivity index (χ1v) is 8.50. The van der Waals surface area contributed by atoms with Crippen molar-refractivity contribution in [3.8, 4) is 5.75 Å². The van der Waals surface area contributed by atoms with E-state index in [-0.39, 0.29) is 12.6 Å². The first kappa shape index (κ1) is 17.7. The molecule has 2 amide bonds. The van der Waals surface area contributed by atoms with Crippen LogP contribution in [0.15, 0.2) is 53.4 Å². The molecule has 0 saturated heterocycles. The molecule has 0 atom stereocenters. The lowest BCUT2D eigenvalue weighted by molar-refractivity contribution is 0.104. The van der Waals surface area contributed by atoms with Crippen LogP contribution in [0.4, 0.5) is 21.0 Å². The van der Waals surface area contributed by atoms with Gasteiger partial charge in [0.25, 0.3) is 0 Å². The van der Waals surface area contributed by atoms with Gasteiger partial charge < -0.3 is 20.1 Å². The molecule has 126 valence electrons. The van der Waals surface area contributed by atoms with Crippen molar-refractivity contribution < 1.29 is 19.1 Å². The van der Waals surface area contributed by atoms with Crippen molar-refractivity contribution in [2.45, 2.75) is 11.8 Å². The van der Waals surface area contributed by atoms with Crippen LogP contribution in [0.5, 0.6) is 5.75 Å². The van der Waals surface area contributed by atoms with E-state index in [2.05, 4.69) is 15.4 Å². The molecule has 0 spiro atoms. The fourth-order valence-corrected chi connectivity index (χ4v) is 2.30. The minimum Gasteiger partial charge on any atom is -0.434 e. The van der Waals surface area contributed by atoms with Crippen molar-refractivity contribution in [1.29, 1.82) is 0 Å². The molecule has 24 heavy (non-hydrogen) atoms. The van der Waals surface area contributed by atoms with Gasteiger partial charge in [0.05, 0.1) is 6.61 Å². The molecular weight excluding hydrogens is 328 g/mol. The minimum atomic E-state index is -0.760.